The van der Waals surface area contributed by atoms with Crippen molar-refractivity contribution in [1.82, 2.24) is 9.38 Å². The topological polar surface area (TPSA) is 37.5 Å². The number of hydrogen-bond donors (Lipinski definition) is 1. The summed E-state index contributed by atoms with van der Waals surface area (Å²) in [5.74, 6) is 0.0613. The van der Waals surface area contributed by atoms with E-state index in [-0.39, 0.29) is 5.88 Å². The quantitative estimate of drug-likeness (QED) is 0.584. The van der Waals surface area contributed by atoms with E-state index in [1.54, 1.807) is 10.6 Å². The number of aromatic hydroxyl groups is 1. The first-order valence-electron chi connectivity index (χ1n) is 2.99. The highest BCUT2D eigenvalue weighted by Crippen LogP contribution is 2.07. The number of aromatic nitrogens is 2. The molecular weight excluding hydrogens is 128 g/mol. The SMILES string of the molecule is Oc1cn2ccccc2n1. The van der Waals surface area contributed by atoms with E-state index < -0.39 is 0 Å². The van der Waals surface area contributed by atoms with Crippen LogP contribution in [0.15, 0.2) is 30.6 Å². The molecule has 0 aromatic carbocycles. The second kappa shape index (κ2) is 1.73. The van der Waals surface area contributed by atoms with Crippen molar-refractivity contribution < 1.29 is 5.11 Å². The lowest BCUT2D eigenvalue weighted by atomic mass is 10.5. The van der Waals surface area contributed by atoms with Gasteiger partial charge in [-0.15, -0.1) is 0 Å². The minimum Gasteiger partial charge on any atom is -0.492 e. The summed E-state index contributed by atoms with van der Waals surface area (Å²) in [5, 5.41) is 8.92. The summed E-state index contributed by atoms with van der Waals surface area (Å²) in [4.78, 5) is 3.83. The van der Waals surface area contributed by atoms with Crippen LogP contribution in [0.25, 0.3) is 5.65 Å². The van der Waals surface area contributed by atoms with E-state index in [1.165, 1.54) is 0 Å². The predicted octanol–water partition coefficient (Wildman–Crippen LogP) is 1.04. The minimum absolute atomic E-state index is 0.0613. The van der Waals surface area contributed by atoms with E-state index in [4.69, 9.17) is 5.11 Å². The molecule has 2 aromatic heterocycles. The fraction of sp³-hybridized carbons (Fsp3) is 0. The van der Waals surface area contributed by atoms with E-state index in [0.29, 0.717) is 0 Å². The highest BCUT2D eigenvalue weighted by molar-refractivity contribution is 5.40. The molecule has 0 aliphatic carbocycles. The van der Waals surface area contributed by atoms with Crippen LogP contribution in [-0.4, -0.2) is 14.5 Å². The highest BCUT2D eigenvalue weighted by atomic mass is 16.3. The Kier molecular flexibility index (Phi) is 0.917. The molecule has 0 radical (unpaired) electrons. The molecule has 3 heteroatoms. The maximum atomic E-state index is 8.92. The van der Waals surface area contributed by atoms with Gasteiger partial charge in [-0.2, -0.15) is 4.98 Å². The third-order valence-electron chi connectivity index (χ3n) is 1.35. The Hall–Kier alpha value is -1.51. The zero-order valence-corrected chi connectivity index (χ0v) is 5.23. The maximum Gasteiger partial charge on any atom is 0.230 e. The monoisotopic (exact) mass is 134 g/mol. The Balaban J connectivity index is 2.88. The molecule has 0 atom stereocenters. The van der Waals surface area contributed by atoms with Gasteiger partial charge in [0.2, 0.25) is 5.88 Å². The van der Waals surface area contributed by atoms with E-state index >= 15 is 0 Å². The summed E-state index contributed by atoms with van der Waals surface area (Å²) in [6.07, 6.45) is 3.40. The third-order valence-corrected chi connectivity index (χ3v) is 1.35. The van der Waals surface area contributed by atoms with Gasteiger partial charge in [0.25, 0.3) is 0 Å². The average Bonchev–Trinajstić information content (AvgIpc) is 2.27. The van der Waals surface area contributed by atoms with Crippen LogP contribution in [0.1, 0.15) is 0 Å². The Bertz CT molecular complexity index is 320. The van der Waals surface area contributed by atoms with Crippen molar-refractivity contribution in [1.29, 1.82) is 0 Å². The summed E-state index contributed by atoms with van der Waals surface area (Å²) >= 11 is 0. The number of rotatable bonds is 0. The van der Waals surface area contributed by atoms with E-state index in [9.17, 15) is 0 Å². The number of hydrogen-bond acceptors (Lipinski definition) is 2. The Morgan fingerprint density at radius 2 is 2.30 bits per heavy atom. The summed E-state index contributed by atoms with van der Waals surface area (Å²) in [6, 6.07) is 5.59. The zero-order chi connectivity index (χ0) is 6.97. The molecule has 0 saturated carbocycles. The maximum absolute atomic E-state index is 8.92. The summed E-state index contributed by atoms with van der Waals surface area (Å²) < 4.78 is 1.76. The first-order valence-corrected chi connectivity index (χ1v) is 2.99. The van der Waals surface area contributed by atoms with E-state index in [0.717, 1.165) is 5.65 Å². The highest BCUT2D eigenvalue weighted by Gasteiger charge is 1.94. The largest absolute Gasteiger partial charge is 0.492 e. The standard InChI is InChI=1S/C7H6N2O/c10-7-5-9-4-2-1-3-6(9)8-7/h1-5,10H. The van der Waals surface area contributed by atoms with Crippen molar-refractivity contribution in [3.05, 3.63) is 30.6 Å². The summed E-state index contributed by atoms with van der Waals surface area (Å²) in [5.41, 5.74) is 0.764. The van der Waals surface area contributed by atoms with Crippen LogP contribution in [-0.2, 0) is 0 Å². The van der Waals surface area contributed by atoms with Gasteiger partial charge in [0, 0.05) is 6.20 Å². The van der Waals surface area contributed by atoms with Crippen LogP contribution in [0.4, 0.5) is 0 Å². The van der Waals surface area contributed by atoms with Crippen molar-refractivity contribution in [2.24, 2.45) is 0 Å². The average molecular weight is 134 g/mol. The second-order valence-electron chi connectivity index (χ2n) is 2.07. The van der Waals surface area contributed by atoms with Gasteiger partial charge in [-0.1, -0.05) is 6.07 Å². The predicted molar refractivity (Wildman–Crippen MR) is 36.9 cm³/mol. The van der Waals surface area contributed by atoms with Crippen molar-refractivity contribution in [3.63, 3.8) is 0 Å². The van der Waals surface area contributed by atoms with Crippen LogP contribution in [0.5, 0.6) is 5.88 Å². The zero-order valence-electron chi connectivity index (χ0n) is 5.23. The molecule has 0 aliphatic heterocycles. The van der Waals surface area contributed by atoms with Crippen LogP contribution in [0.2, 0.25) is 0 Å². The van der Waals surface area contributed by atoms with Crippen LogP contribution in [0, 0.1) is 0 Å². The Morgan fingerprint density at radius 1 is 1.40 bits per heavy atom. The van der Waals surface area contributed by atoms with Crippen LogP contribution >= 0.6 is 0 Å². The third kappa shape index (κ3) is 0.639. The van der Waals surface area contributed by atoms with Crippen molar-refractivity contribution in [3.8, 4) is 5.88 Å². The molecule has 0 fully saturated rings. The van der Waals surface area contributed by atoms with E-state index in [1.807, 2.05) is 24.4 Å². The van der Waals surface area contributed by atoms with Gasteiger partial charge in [0.1, 0.15) is 5.65 Å². The molecule has 3 nitrogen and oxygen atoms in total. The van der Waals surface area contributed by atoms with Crippen molar-refractivity contribution in [2.75, 3.05) is 0 Å². The molecule has 2 rings (SSSR count). The van der Waals surface area contributed by atoms with Gasteiger partial charge in [-0.25, -0.2) is 0 Å². The van der Waals surface area contributed by atoms with Gasteiger partial charge in [0.15, 0.2) is 0 Å². The van der Waals surface area contributed by atoms with Crippen LogP contribution in [0.3, 0.4) is 0 Å². The Morgan fingerprint density at radius 3 is 3.10 bits per heavy atom. The van der Waals surface area contributed by atoms with Gasteiger partial charge < -0.3 is 9.51 Å². The molecule has 1 N–H and O–H groups in total. The number of fused-ring (bicyclic) bond motifs is 1. The molecule has 2 heterocycles. The fourth-order valence-corrected chi connectivity index (χ4v) is 0.921. The normalized spacial score (nSPS) is 10.4. The van der Waals surface area contributed by atoms with Gasteiger partial charge in [0.05, 0.1) is 6.20 Å². The fourth-order valence-electron chi connectivity index (χ4n) is 0.921. The molecular formula is C7H6N2O. The molecule has 0 bridgehead atoms. The molecule has 0 saturated heterocycles. The Labute approximate surface area is 57.6 Å². The minimum atomic E-state index is 0.0613. The smallest absolute Gasteiger partial charge is 0.230 e. The van der Waals surface area contributed by atoms with Crippen molar-refractivity contribution >= 4 is 5.65 Å². The van der Waals surface area contributed by atoms with E-state index in [2.05, 4.69) is 4.98 Å². The first kappa shape index (κ1) is 5.29. The molecule has 0 amide bonds. The lowest BCUT2D eigenvalue weighted by molar-refractivity contribution is 0.457. The number of nitrogens with zero attached hydrogens (tertiary/aromatic N) is 2. The van der Waals surface area contributed by atoms with Gasteiger partial charge in [-0.05, 0) is 12.1 Å². The van der Waals surface area contributed by atoms with Gasteiger partial charge in [-0.3, -0.25) is 0 Å². The number of imidazole rings is 1. The van der Waals surface area contributed by atoms with Crippen molar-refractivity contribution in [2.45, 2.75) is 0 Å². The second-order valence-corrected chi connectivity index (χ2v) is 2.07. The lowest BCUT2D eigenvalue weighted by Gasteiger charge is -1.86. The molecule has 10 heavy (non-hydrogen) atoms. The molecule has 0 unspecified atom stereocenters. The molecule has 0 aliphatic rings. The molecule has 50 valence electrons. The van der Waals surface area contributed by atoms with Crippen LogP contribution < -0.4 is 0 Å². The summed E-state index contributed by atoms with van der Waals surface area (Å²) in [6.45, 7) is 0. The summed E-state index contributed by atoms with van der Waals surface area (Å²) in [7, 11) is 0. The molecule has 0 spiro atoms. The lowest BCUT2D eigenvalue weighted by Crippen LogP contribution is -1.77. The molecule has 2 aromatic rings. The first-order chi connectivity index (χ1) is 4.86. The van der Waals surface area contributed by atoms with Gasteiger partial charge >= 0.3 is 0 Å². The number of pyridine rings is 1.